The molecule has 0 saturated heterocycles. The molecule has 0 aliphatic heterocycles. The molecule has 4 atom stereocenters. The van der Waals surface area contributed by atoms with Crippen molar-refractivity contribution in [1.82, 2.24) is 0 Å². The Labute approximate surface area is 222 Å². The molecule has 3 nitrogen and oxygen atoms in total. The summed E-state index contributed by atoms with van der Waals surface area (Å²) in [4.78, 5) is 13.3. The van der Waals surface area contributed by atoms with Crippen molar-refractivity contribution < 1.29 is 47.3 Å². The topological polar surface area (TPSA) is 46.5 Å². The standard InChI is InChI=1S/C27H32ClO3.Y/c1-2-12-27(13-7-14-27)26(30)21-11-6-10-20(15-21)25-22(23(28)16-24(25)29)18-31-17-19-8-4-3-5-9-19;/h3-4,6,8-11,15,22-25,29H,2,7,12-14,16-18H2,1H3;/q-1;/t22?,23-,24-,25?;/m1./s1. The van der Waals surface area contributed by atoms with Gasteiger partial charge in [0.05, 0.1) is 12.7 Å². The van der Waals surface area contributed by atoms with Crippen LogP contribution in [0.4, 0.5) is 0 Å². The molecule has 0 amide bonds. The fraction of sp³-hybridized carbons (Fsp3) is 0.519. The number of benzene rings is 2. The molecule has 0 spiro atoms. The summed E-state index contributed by atoms with van der Waals surface area (Å²) in [6, 6.07) is 18.7. The number of aliphatic hydroxyl groups is 1. The zero-order valence-electron chi connectivity index (χ0n) is 18.8. The molecule has 2 saturated carbocycles. The molecule has 0 heterocycles. The fourth-order valence-electron chi connectivity index (χ4n) is 5.44. The summed E-state index contributed by atoms with van der Waals surface area (Å²) in [5.41, 5.74) is 2.66. The second kappa shape index (κ2) is 11.7. The fourth-order valence-corrected chi connectivity index (χ4v) is 5.85. The van der Waals surface area contributed by atoms with E-state index in [4.69, 9.17) is 16.3 Å². The molecule has 2 aliphatic rings. The van der Waals surface area contributed by atoms with Gasteiger partial charge < -0.3 is 9.84 Å². The minimum Gasteiger partial charge on any atom is -0.392 e. The molecule has 2 aliphatic carbocycles. The summed E-state index contributed by atoms with van der Waals surface area (Å²) in [7, 11) is 0. The van der Waals surface area contributed by atoms with Gasteiger partial charge in [-0.2, -0.15) is 30.3 Å². The smallest absolute Gasteiger partial charge is 0.169 e. The van der Waals surface area contributed by atoms with Crippen molar-refractivity contribution in [2.75, 3.05) is 6.61 Å². The predicted molar refractivity (Wildman–Crippen MR) is 123 cm³/mol. The summed E-state index contributed by atoms with van der Waals surface area (Å²) in [5, 5.41) is 10.6. The SMILES string of the molecule is CCCC1(C(=O)c2cccc(C3C(COCc4c[c-]ccc4)[C@H](Cl)C[C@H]3O)c2)CCC1.[Y]. The number of hydrogen-bond donors (Lipinski definition) is 1. The van der Waals surface area contributed by atoms with Crippen molar-refractivity contribution in [2.24, 2.45) is 11.3 Å². The number of carbonyl (C=O) groups excluding carboxylic acids is 1. The summed E-state index contributed by atoms with van der Waals surface area (Å²) in [6.07, 6.45) is 5.12. The third kappa shape index (κ3) is 5.55. The van der Waals surface area contributed by atoms with Crippen molar-refractivity contribution in [3.05, 3.63) is 71.3 Å². The summed E-state index contributed by atoms with van der Waals surface area (Å²) >= 11 is 6.63. The second-order valence-electron chi connectivity index (χ2n) is 9.27. The van der Waals surface area contributed by atoms with Crippen molar-refractivity contribution in [1.29, 1.82) is 0 Å². The van der Waals surface area contributed by atoms with Crippen LogP contribution in [0, 0.1) is 17.4 Å². The Hall–Kier alpha value is -0.576. The Morgan fingerprint density at radius 3 is 2.75 bits per heavy atom. The maximum Gasteiger partial charge on any atom is 0.169 e. The van der Waals surface area contributed by atoms with Crippen LogP contribution in [-0.2, 0) is 44.1 Å². The summed E-state index contributed by atoms with van der Waals surface area (Å²) < 4.78 is 5.98. The summed E-state index contributed by atoms with van der Waals surface area (Å²) in [5.74, 6) is 0.148. The van der Waals surface area contributed by atoms with Crippen LogP contribution in [0.15, 0.2) is 48.5 Å². The van der Waals surface area contributed by atoms with E-state index in [0.717, 1.165) is 48.8 Å². The molecule has 5 heteroatoms. The van der Waals surface area contributed by atoms with E-state index in [1.165, 1.54) is 0 Å². The van der Waals surface area contributed by atoms with E-state index in [-0.39, 0.29) is 61.1 Å². The number of carbonyl (C=O) groups is 1. The van der Waals surface area contributed by atoms with Crippen molar-refractivity contribution in [2.45, 2.75) is 69.5 Å². The number of halogens is 1. The maximum atomic E-state index is 13.3. The van der Waals surface area contributed by atoms with E-state index in [9.17, 15) is 9.90 Å². The van der Waals surface area contributed by atoms with Crippen molar-refractivity contribution in [3.63, 3.8) is 0 Å². The zero-order valence-corrected chi connectivity index (χ0v) is 22.4. The molecule has 32 heavy (non-hydrogen) atoms. The molecule has 0 bridgehead atoms. The van der Waals surface area contributed by atoms with Gasteiger partial charge in [-0.25, -0.2) is 0 Å². The molecule has 2 aromatic rings. The molecule has 2 aromatic carbocycles. The number of hydrogen-bond acceptors (Lipinski definition) is 3. The second-order valence-corrected chi connectivity index (χ2v) is 9.83. The van der Waals surface area contributed by atoms with Gasteiger partial charge in [-0.05, 0) is 37.3 Å². The number of rotatable bonds is 9. The first-order valence-electron chi connectivity index (χ1n) is 11.5. The molecular formula is C27H32ClO3Y-. The van der Waals surface area contributed by atoms with Crippen LogP contribution in [0.3, 0.4) is 0 Å². The Morgan fingerprint density at radius 2 is 2.09 bits per heavy atom. The van der Waals surface area contributed by atoms with E-state index in [1.54, 1.807) is 0 Å². The average molecular weight is 529 g/mol. The third-order valence-electron chi connectivity index (χ3n) is 7.21. The predicted octanol–water partition coefficient (Wildman–Crippen LogP) is 5.93. The van der Waals surface area contributed by atoms with Crippen LogP contribution in [0.2, 0.25) is 0 Å². The molecule has 1 N–H and O–H groups in total. The first kappa shape index (κ1) is 26.0. The van der Waals surface area contributed by atoms with Crippen molar-refractivity contribution in [3.8, 4) is 0 Å². The minimum absolute atomic E-state index is 0. The van der Waals surface area contributed by atoms with Crippen LogP contribution in [-0.4, -0.2) is 29.0 Å². The molecule has 1 radical (unpaired) electrons. The molecule has 2 fully saturated rings. The van der Waals surface area contributed by atoms with Crippen LogP contribution in [0.5, 0.6) is 0 Å². The molecular weight excluding hydrogens is 497 g/mol. The molecule has 2 unspecified atom stereocenters. The Bertz CT molecular complexity index is 883. The van der Waals surface area contributed by atoms with Crippen LogP contribution < -0.4 is 0 Å². The Kier molecular flexibility index (Phi) is 9.53. The monoisotopic (exact) mass is 528 g/mol. The molecule has 0 aromatic heterocycles. The first-order valence-corrected chi connectivity index (χ1v) is 12.0. The average Bonchev–Trinajstić information content (AvgIpc) is 3.04. The van der Waals surface area contributed by atoms with E-state index < -0.39 is 6.10 Å². The molecule has 169 valence electrons. The number of aliphatic hydroxyl groups excluding tert-OH is 1. The summed E-state index contributed by atoms with van der Waals surface area (Å²) in [6.45, 7) is 3.12. The zero-order chi connectivity index (χ0) is 21.8. The minimum atomic E-state index is -0.528. The quantitative estimate of drug-likeness (QED) is 0.249. The van der Waals surface area contributed by atoms with E-state index in [0.29, 0.717) is 19.6 Å². The number of Topliss-reactive ketones (excluding diaryl/α,β-unsaturated/α-hetero) is 1. The van der Waals surface area contributed by atoms with E-state index in [2.05, 4.69) is 13.0 Å². The maximum absolute atomic E-state index is 13.3. The van der Waals surface area contributed by atoms with Gasteiger partial charge in [-0.15, -0.1) is 17.2 Å². The van der Waals surface area contributed by atoms with Gasteiger partial charge in [0.2, 0.25) is 0 Å². The Morgan fingerprint density at radius 1 is 1.28 bits per heavy atom. The third-order valence-corrected chi connectivity index (χ3v) is 7.71. The van der Waals surface area contributed by atoms with E-state index >= 15 is 0 Å². The first-order chi connectivity index (χ1) is 15.0. The Balaban J connectivity index is 0.00000289. The van der Waals surface area contributed by atoms with Crippen LogP contribution in [0.1, 0.15) is 72.9 Å². The molecule has 4 rings (SSSR count). The normalized spacial score (nSPS) is 26.2. The largest absolute Gasteiger partial charge is 0.392 e. The van der Waals surface area contributed by atoms with Gasteiger partial charge in [-0.1, -0.05) is 38.0 Å². The van der Waals surface area contributed by atoms with Gasteiger partial charge in [0.1, 0.15) is 0 Å². The van der Waals surface area contributed by atoms with Gasteiger partial charge >= 0.3 is 0 Å². The number of ketones is 1. The van der Waals surface area contributed by atoms with Gasteiger partial charge in [0, 0.05) is 67.5 Å². The van der Waals surface area contributed by atoms with E-state index in [1.807, 2.05) is 48.5 Å². The van der Waals surface area contributed by atoms with Gasteiger partial charge in [-0.3, -0.25) is 4.79 Å². The van der Waals surface area contributed by atoms with Crippen LogP contribution >= 0.6 is 11.6 Å². The van der Waals surface area contributed by atoms with Gasteiger partial charge in [0.25, 0.3) is 0 Å². The number of alkyl halides is 1. The van der Waals surface area contributed by atoms with Crippen molar-refractivity contribution >= 4 is 17.4 Å². The number of ether oxygens (including phenoxy) is 1. The van der Waals surface area contributed by atoms with Crippen LogP contribution in [0.25, 0.3) is 0 Å². The van der Waals surface area contributed by atoms with Gasteiger partial charge in [0.15, 0.2) is 5.78 Å².